The number of hydrogen-bond acceptors (Lipinski definition) is 8. The van der Waals surface area contributed by atoms with Gasteiger partial charge in [-0.15, -0.1) is 0 Å². The third kappa shape index (κ3) is 11.3. The second-order valence-electron chi connectivity index (χ2n) is 6.56. The number of amides is 3. The van der Waals surface area contributed by atoms with Gasteiger partial charge >= 0.3 is 11.9 Å². The van der Waals surface area contributed by atoms with Crippen molar-refractivity contribution in [2.24, 2.45) is 11.5 Å². The first-order valence-electron chi connectivity index (χ1n) is 9.19. The summed E-state index contributed by atoms with van der Waals surface area (Å²) >= 11 is 0. The second-order valence-corrected chi connectivity index (χ2v) is 6.56. The number of carboxylic acid groups (broad SMARTS) is 2. The molecule has 15 nitrogen and oxygen atoms in total. The molecule has 0 radical (unpaired) electrons. The molecule has 176 valence electrons. The van der Waals surface area contributed by atoms with E-state index in [4.69, 9.17) is 27.1 Å². The van der Waals surface area contributed by atoms with E-state index in [0.29, 0.717) is 0 Å². The third-order valence-electron chi connectivity index (χ3n) is 3.90. The highest BCUT2D eigenvalue weighted by molar-refractivity contribution is 5.95. The summed E-state index contributed by atoms with van der Waals surface area (Å²) in [6, 6.07) is -5.49. The normalized spacial score (nSPS) is 14.3. The molecule has 0 rings (SSSR count). The third-order valence-corrected chi connectivity index (χ3v) is 3.90. The van der Waals surface area contributed by atoms with E-state index in [2.05, 4.69) is 21.3 Å². The first-order valence-corrected chi connectivity index (χ1v) is 9.19. The lowest BCUT2D eigenvalue weighted by Crippen LogP contribution is -2.57. The average Bonchev–Trinajstić information content (AvgIpc) is 2.67. The Labute approximate surface area is 177 Å². The molecule has 0 saturated heterocycles. The van der Waals surface area contributed by atoms with Gasteiger partial charge in [0.25, 0.3) is 0 Å². The number of aliphatic hydroxyl groups is 1. The van der Waals surface area contributed by atoms with Crippen LogP contribution < -0.4 is 32.7 Å². The van der Waals surface area contributed by atoms with E-state index in [-0.39, 0.29) is 25.3 Å². The minimum absolute atomic E-state index is 0.0550. The standard InChI is InChI=1S/C16H29N7O8/c1-7(21-13(28)8(17)6-24)12(27)23-10(5-11(25)26)14(29)22-9(15(30)31)3-2-4-20-16(18)19/h7-10,24H,2-6,17H2,1H3,(H,21,28)(H,22,29)(H,23,27)(H,25,26)(H,30,31)(H4,18,19,20)/t7-,8-,9-,10-/m0/s1. The summed E-state index contributed by atoms with van der Waals surface area (Å²) in [4.78, 5) is 58.7. The minimum atomic E-state index is -1.62. The Bertz CT molecular complexity index is 687. The molecule has 0 aromatic rings. The summed E-state index contributed by atoms with van der Waals surface area (Å²) < 4.78 is 0. The Morgan fingerprint density at radius 2 is 1.55 bits per heavy atom. The highest BCUT2D eigenvalue weighted by Gasteiger charge is 2.30. The Morgan fingerprint density at radius 3 is 2.03 bits per heavy atom. The summed E-state index contributed by atoms with van der Waals surface area (Å²) in [7, 11) is 0. The monoisotopic (exact) mass is 447 g/mol. The van der Waals surface area contributed by atoms with Crippen molar-refractivity contribution in [3.8, 4) is 0 Å². The summed E-state index contributed by atoms with van der Waals surface area (Å²) in [5, 5.41) is 43.0. The van der Waals surface area contributed by atoms with E-state index in [9.17, 15) is 29.1 Å². The zero-order valence-electron chi connectivity index (χ0n) is 16.9. The average molecular weight is 447 g/mol. The molecule has 0 aliphatic heterocycles. The van der Waals surface area contributed by atoms with Crippen LogP contribution in [0.15, 0.2) is 0 Å². The van der Waals surface area contributed by atoms with E-state index in [1.54, 1.807) is 0 Å². The molecule has 4 atom stereocenters. The van der Waals surface area contributed by atoms with Crippen molar-refractivity contribution in [3.05, 3.63) is 0 Å². The van der Waals surface area contributed by atoms with Crippen molar-refractivity contribution in [1.82, 2.24) is 21.3 Å². The van der Waals surface area contributed by atoms with Crippen LogP contribution in [0.25, 0.3) is 0 Å². The van der Waals surface area contributed by atoms with Crippen LogP contribution in [0.3, 0.4) is 0 Å². The van der Waals surface area contributed by atoms with Crippen LogP contribution in [0.1, 0.15) is 26.2 Å². The molecule has 0 saturated carbocycles. The maximum atomic E-state index is 12.4. The van der Waals surface area contributed by atoms with Crippen molar-refractivity contribution < 1.29 is 39.3 Å². The fourth-order valence-corrected chi connectivity index (χ4v) is 2.21. The molecule has 0 aliphatic carbocycles. The van der Waals surface area contributed by atoms with E-state index >= 15 is 0 Å². The van der Waals surface area contributed by atoms with E-state index in [1.165, 1.54) is 6.92 Å². The van der Waals surface area contributed by atoms with Gasteiger partial charge in [0.05, 0.1) is 13.0 Å². The first kappa shape index (κ1) is 27.5. The van der Waals surface area contributed by atoms with Crippen LogP contribution in [0.4, 0.5) is 0 Å². The molecule has 0 bridgehead atoms. The fraction of sp³-hybridized carbons (Fsp3) is 0.625. The largest absolute Gasteiger partial charge is 0.481 e. The number of aliphatic carboxylic acids is 2. The van der Waals surface area contributed by atoms with Crippen molar-refractivity contribution in [1.29, 1.82) is 5.41 Å². The van der Waals surface area contributed by atoms with Crippen LogP contribution >= 0.6 is 0 Å². The van der Waals surface area contributed by atoms with Gasteiger partial charge in [-0.1, -0.05) is 0 Å². The number of guanidine groups is 1. The lowest BCUT2D eigenvalue weighted by atomic mass is 10.1. The summed E-state index contributed by atoms with van der Waals surface area (Å²) in [5.74, 6) is -5.92. The Kier molecular flexibility index (Phi) is 12.2. The Balaban J connectivity index is 5.05. The Hall–Kier alpha value is -3.46. The molecule has 0 aromatic carbocycles. The number of nitrogens with one attached hydrogen (secondary N) is 5. The van der Waals surface area contributed by atoms with Crippen molar-refractivity contribution >= 4 is 35.6 Å². The van der Waals surface area contributed by atoms with Crippen molar-refractivity contribution in [2.75, 3.05) is 13.2 Å². The SMILES string of the molecule is C[C@H](NC(=O)[C@@H](N)CO)C(=O)N[C@@H](CC(=O)O)C(=O)N[C@@H](CCCNC(=N)N)C(=O)O. The zero-order valence-corrected chi connectivity index (χ0v) is 16.9. The summed E-state index contributed by atoms with van der Waals surface area (Å²) in [5.41, 5.74) is 10.4. The molecule has 0 heterocycles. The molecule has 31 heavy (non-hydrogen) atoms. The lowest BCUT2D eigenvalue weighted by molar-refractivity contribution is -0.143. The molecule has 0 spiro atoms. The highest BCUT2D eigenvalue weighted by atomic mass is 16.4. The predicted molar refractivity (Wildman–Crippen MR) is 106 cm³/mol. The van der Waals surface area contributed by atoms with Gasteiger partial charge < -0.3 is 48.1 Å². The maximum absolute atomic E-state index is 12.4. The van der Waals surface area contributed by atoms with E-state index in [1.807, 2.05) is 0 Å². The zero-order chi connectivity index (χ0) is 24.1. The van der Waals surface area contributed by atoms with Gasteiger partial charge in [0.1, 0.15) is 24.2 Å². The number of hydrogen-bond donors (Lipinski definition) is 10. The molecule has 3 amide bonds. The van der Waals surface area contributed by atoms with Gasteiger partial charge in [0, 0.05) is 6.54 Å². The molecule has 0 fully saturated rings. The van der Waals surface area contributed by atoms with Gasteiger partial charge in [-0.3, -0.25) is 24.6 Å². The first-order chi connectivity index (χ1) is 14.4. The molecule has 15 heteroatoms. The highest BCUT2D eigenvalue weighted by Crippen LogP contribution is 2.01. The molecular weight excluding hydrogens is 418 g/mol. The predicted octanol–water partition coefficient (Wildman–Crippen LogP) is -4.40. The molecule has 0 aromatic heterocycles. The van der Waals surface area contributed by atoms with Crippen LogP contribution in [0.5, 0.6) is 0 Å². The topological polar surface area (TPSA) is 270 Å². The van der Waals surface area contributed by atoms with Crippen molar-refractivity contribution in [3.63, 3.8) is 0 Å². The van der Waals surface area contributed by atoms with E-state index < -0.39 is 66.9 Å². The molecule has 0 aliphatic rings. The van der Waals surface area contributed by atoms with Crippen LogP contribution in [0, 0.1) is 5.41 Å². The van der Waals surface area contributed by atoms with Gasteiger partial charge in [-0.25, -0.2) is 4.79 Å². The van der Waals surface area contributed by atoms with Gasteiger partial charge in [-0.05, 0) is 19.8 Å². The smallest absolute Gasteiger partial charge is 0.326 e. The number of aliphatic hydroxyl groups excluding tert-OH is 1. The van der Waals surface area contributed by atoms with Crippen LogP contribution in [-0.4, -0.2) is 88.3 Å². The minimum Gasteiger partial charge on any atom is -0.481 e. The number of carboxylic acids is 2. The van der Waals surface area contributed by atoms with Gasteiger partial charge in [0.2, 0.25) is 17.7 Å². The van der Waals surface area contributed by atoms with Crippen LogP contribution in [0.2, 0.25) is 0 Å². The maximum Gasteiger partial charge on any atom is 0.326 e. The quantitative estimate of drug-likeness (QED) is 0.0689. The molecule has 0 unspecified atom stereocenters. The molecule has 12 N–H and O–H groups in total. The fourth-order valence-electron chi connectivity index (χ4n) is 2.21. The number of rotatable bonds is 14. The Morgan fingerprint density at radius 1 is 0.968 bits per heavy atom. The van der Waals surface area contributed by atoms with Crippen LogP contribution in [-0.2, 0) is 24.0 Å². The van der Waals surface area contributed by atoms with E-state index in [0.717, 1.165) is 0 Å². The van der Waals surface area contributed by atoms with Crippen molar-refractivity contribution in [2.45, 2.75) is 50.4 Å². The number of nitrogens with two attached hydrogens (primary N) is 2. The molecular formula is C16H29N7O8. The summed E-state index contributed by atoms with van der Waals surface area (Å²) in [6.07, 6.45) is -0.672. The summed E-state index contributed by atoms with van der Waals surface area (Å²) in [6.45, 7) is 0.759. The number of carbonyl (C=O) groups excluding carboxylic acids is 3. The number of carbonyl (C=O) groups is 5. The van der Waals surface area contributed by atoms with Gasteiger partial charge in [-0.2, -0.15) is 0 Å². The second kappa shape index (κ2) is 13.7. The lowest BCUT2D eigenvalue weighted by Gasteiger charge is -2.22. The van der Waals surface area contributed by atoms with Gasteiger partial charge in [0.15, 0.2) is 5.96 Å².